The lowest BCUT2D eigenvalue weighted by Gasteiger charge is -2.25. The van der Waals surface area contributed by atoms with Crippen molar-refractivity contribution in [1.82, 2.24) is 5.32 Å². The molecule has 1 rings (SSSR count). The zero-order chi connectivity index (χ0) is 12.7. The number of methoxy groups -OCH3 is 2. The van der Waals surface area contributed by atoms with Crippen molar-refractivity contribution >= 4 is 0 Å². The van der Waals surface area contributed by atoms with Crippen molar-refractivity contribution in [1.29, 1.82) is 0 Å². The van der Waals surface area contributed by atoms with Crippen LogP contribution < -0.4 is 10.1 Å². The van der Waals surface area contributed by atoms with Crippen molar-refractivity contribution in [2.75, 3.05) is 21.3 Å². The van der Waals surface area contributed by atoms with Crippen LogP contribution in [0.4, 0.5) is 0 Å². The van der Waals surface area contributed by atoms with Crippen LogP contribution in [0.1, 0.15) is 18.9 Å². The van der Waals surface area contributed by atoms with Crippen LogP contribution in [0.5, 0.6) is 5.75 Å². The van der Waals surface area contributed by atoms with Gasteiger partial charge in [0.05, 0.1) is 13.2 Å². The summed E-state index contributed by atoms with van der Waals surface area (Å²) in [7, 11) is 5.45. The lowest BCUT2D eigenvalue weighted by molar-refractivity contribution is 0.0676. The van der Waals surface area contributed by atoms with Crippen LogP contribution in [0.3, 0.4) is 0 Å². The normalized spacial score (nSPS) is 14.4. The van der Waals surface area contributed by atoms with E-state index in [9.17, 15) is 0 Å². The molecule has 2 unspecified atom stereocenters. The molecule has 0 fully saturated rings. The Balaban J connectivity index is 2.79. The molecule has 3 heteroatoms. The maximum absolute atomic E-state index is 5.49. The van der Waals surface area contributed by atoms with Crippen molar-refractivity contribution in [2.24, 2.45) is 0 Å². The maximum atomic E-state index is 5.49. The van der Waals surface area contributed by atoms with Crippen molar-refractivity contribution in [3.63, 3.8) is 0 Å². The Kier molecular flexibility index (Phi) is 6.01. The molecule has 0 spiro atoms. The van der Waals surface area contributed by atoms with Crippen LogP contribution >= 0.6 is 0 Å². The molecule has 3 nitrogen and oxygen atoms in total. The summed E-state index contributed by atoms with van der Waals surface area (Å²) in [5.74, 6) is 0.943. The van der Waals surface area contributed by atoms with Gasteiger partial charge in [0.1, 0.15) is 5.75 Å². The number of rotatable bonds is 7. The molecule has 0 aliphatic rings. The van der Waals surface area contributed by atoms with Gasteiger partial charge in [-0.05, 0) is 31.5 Å². The second kappa shape index (κ2) is 7.30. The van der Waals surface area contributed by atoms with Crippen LogP contribution in [-0.2, 0) is 11.2 Å². The summed E-state index contributed by atoms with van der Waals surface area (Å²) in [6.07, 6.45) is 2.13. The van der Waals surface area contributed by atoms with E-state index in [1.807, 2.05) is 25.2 Å². The minimum atomic E-state index is 0.227. The molecule has 0 aromatic heterocycles. The SMILES string of the molecule is CCC(OC)C(Cc1ccccc1OC)NC. The van der Waals surface area contributed by atoms with Gasteiger partial charge in [0.25, 0.3) is 0 Å². The Morgan fingerprint density at radius 3 is 2.47 bits per heavy atom. The molecule has 0 saturated heterocycles. The van der Waals surface area contributed by atoms with Gasteiger partial charge in [-0.2, -0.15) is 0 Å². The average Bonchev–Trinajstić information content (AvgIpc) is 2.39. The van der Waals surface area contributed by atoms with Crippen molar-refractivity contribution in [2.45, 2.75) is 31.9 Å². The summed E-state index contributed by atoms with van der Waals surface area (Å²) in [6, 6.07) is 8.44. The van der Waals surface area contributed by atoms with Gasteiger partial charge in [-0.1, -0.05) is 25.1 Å². The summed E-state index contributed by atoms with van der Waals surface area (Å²) in [6.45, 7) is 2.14. The standard InChI is InChI=1S/C14H23NO2/c1-5-13(16-3)12(15-2)10-11-8-6-7-9-14(11)17-4/h6-9,12-13,15H,5,10H2,1-4H3. The first-order valence-electron chi connectivity index (χ1n) is 6.08. The minimum Gasteiger partial charge on any atom is -0.496 e. The van der Waals surface area contributed by atoms with E-state index in [-0.39, 0.29) is 6.10 Å². The van der Waals surface area contributed by atoms with Gasteiger partial charge >= 0.3 is 0 Å². The molecule has 0 aliphatic heterocycles. The van der Waals surface area contributed by atoms with Gasteiger partial charge in [-0.15, -0.1) is 0 Å². The first-order chi connectivity index (χ1) is 8.26. The van der Waals surface area contributed by atoms with E-state index in [1.165, 1.54) is 5.56 Å². The monoisotopic (exact) mass is 237 g/mol. The number of hydrogen-bond donors (Lipinski definition) is 1. The fourth-order valence-corrected chi connectivity index (χ4v) is 2.14. The molecular formula is C14H23NO2. The molecular weight excluding hydrogens is 214 g/mol. The Bertz CT molecular complexity index is 324. The summed E-state index contributed by atoms with van der Waals surface area (Å²) in [5.41, 5.74) is 1.21. The summed E-state index contributed by atoms with van der Waals surface area (Å²) in [5, 5.41) is 3.32. The van der Waals surface area contributed by atoms with Gasteiger partial charge in [-0.3, -0.25) is 0 Å². The lowest BCUT2D eigenvalue weighted by atomic mass is 9.99. The molecule has 0 saturated carbocycles. The zero-order valence-electron chi connectivity index (χ0n) is 11.2. The summed E-state index contributed by atoms with van der Waals surface area (Å²) in [4.78, 5) is 0. The van der Waals surface area contributed by atoms with Crippen LogP contribution in [0.2, 0.25) is 0 Å². The second-order valence-electron chi connectivity index (χ2n) is 4.09. The van der Waals surface area contributed by atoms with Gasteiger partial charge < -0.3 is 14.8 Å². The predicted octanol–water partition coefficient (Wildman–Crippen LogP) is 2.25. The van der Waals surface area contributed by atoms with E-state index >= 15 is 0 Å². The molecule has 2 atom stereocenters. The highest BCUT2D eigenvalue weighted by Gasteiger charge is 2.19. The predicted molar refractivity (Wildman–Crippen MR) is 70.6 cm³/mol. The maximum Gasteiger partial charge on any atom is 0.122 e. The van der Waals surface area contributed by atoms with Crippen molar-refractivity contribution < 1.29 is 9.47 Å². The highest BCUT2D eigenvalue weighted by molar-refractivity contribution is 5.34. The lowest BCUT2D eigenvalue weighted by Crippen LogP contribution is -2.40. The fraction of sp³-hybridized carbons (Fsp3) is 0.571. The van der Waals surface area contributed by atoms with E-state index in [0.717, 1.165) is 18.6 Å². The number of hydrogen-bond acceptors (Lipinski definition) is 3. The third kappa shape index (κ3) is 3.72. The number of likely N-dealkylation sites (N-methyl/N-ethyl adjacent to an activating group) is 1. The minimum absolute atomic E-state index is 0.227. The first kappa shape index (κ1) is 14.0. The topological polar surface area (TPSA) is 30.5 Å². The zero-order valence-corrected chi connectivity index (χ0v) is 11.2. The molecule has 1 N–H and O–H groups in total. The van der Waals surface area contributed by atoms with Crippen LogP contribution in [-0.4, -0.2) is 33.4 Å². The average molecular weight is 237 g/mol. The third-order valence-corrected chi connectivity index (χ3v) is 3.16. The molecule has 17 heavy (non-hydrogen) atoms. The third-order valence-electron chi connectivity index (χ3n) is 3.16. The Morgan fingerprint density at radius 2 is 1.94 bits per heavy atom. The second-order valence-corrected chi connectivity index (χ2v) is 4.09. The van der Waals surface area contributed by atoms with Crippen LogP contribution in [0.25, 0.3) is 0 Å². The highest BCUT2D eigenvalue weighted by atomic mass is 16.5. The fourth-order valence-electron chi connectivity index (χ4n) is 2.14. The van der Waals surface area contributed by atoms with E-state index in [2.05, 4.69) is 18.3 Å². The van der Waals surface area contributed by atoms with Gasteiger partial charge in [0.2, 0.25) is 0 Å². The van der Waals surface area contributed by atoms with Gasteiger partial charge in [-0.25, -0.2) is 0 Å². The quantitative estimate of drug-likeness (QED) is 0.789. The Morgan fingerprint density at radius 1 is 1.24 bits per heavy atom. The molecule has 0 amide bonds. The van der Waals surface area contributed by atoms with E-state index in [1.54, 1.807) is 14.2 Å². The molecule has 0 heterocycles. The molecule has 1 aromatic carbocycles. The van der Waals surface area contributed by atoms with Crippen molar-refractivity contribution in [3.05, 3.63) is 29.8 Å². The Labute approximate surface area is 104 Å². The van der Waals surface area contributed by atoms with Gasteiger partial charge in [0.15, 0.2) is 0 Å². The molecule has 96 valence electrons. The van der Waals surface area contributed by atoms with Crippen molar-refractivity contribution in [3.8, 4) is 5.75 Å². The largest absolute Gasteiger partial charge is 0.496 e. The summed E-state index contributed by atoms with van der Waals surface area (Å²) >= 11 is 0. The first-order valence-corrected chi connectivity index (χ1v) is 6.08. The number of ether oxygens (including phenoxy) is 2. The molecule has 1 aromatic rings. The van der Waals surface area contributed by atoms with Crippen LogP contribution in [0, 0.1) is 0 Å². The number of para-hydroxylation sites is 1. The molecule has 0 bridgehead atoms. The molecule has 0 radical (unpaired) electrons. The highest BCUT2D eigenvalue weighted by Crippen LogP contribution is 2.20. The smallest absolute Gasteiger partial charge is 0.122 e. The van der Waals surface area contributed by atoms with E-state index < -0.39 is 0 Å². The van der Waals surface area contributed by atoms with E-state index in [0.29, 0.717) is 6.04 Å². The van der Waals surface area contributed by atoms with Crippen LogP contribution in [0.15, 0.2) is 24.3 Å². The number of benzene rings is 1. The summed E-state index contributed by atoms with van der Waals surface area (Å²) < 4.78 is 10.9. The number of nitrogens with one attached hydrogen (secondary N) is 1. The Hall–Kier alpha value is -1.06. The van der Waals surface area contributed by atoms with Gasteiger partial charge in [0, 0.05) is 13.2 Å². The van der Waals surface area contributed by atoms with E-state index in [4.69, 9.17) is 9.47 Å². The molecule has 0 aliphatic carbocycles.